The highest BCUT2D eigenvalue weighted by molar-refractivity contribution is 6.03. The number of nitrogens with one attached hydrogen (secondary N) is 2. The number of hydrogen-bond donors (Lipinski definition) is 2. The van der Waals surface area contributed by atoms with E-state index in [1.54, 1.807) is 35.5 Å². The zero-order valence-corrected chi connectivity index (χ0v) is 16.8. The Hall–Kier alpha value is -3.49. The summed E-state index contributed by atoms with van der Waals surface area (Å²) in [6, 6.07) is 5.31. The van der Waals surface area contributed by atoms with Crippen molar-refractivity contribution < 1.29 is 9.59 Å². The number of carbonyl (C=O) groups is 2. The zero-order chi connectivity index (χ0) is 20.8. The molecule has 0 aromatic carbocycles. The van der Waals surface area contributed by atoms with Crippen LogP contribution in [0.4, 0.5) is 5.82 Å². The molecule has 2 N–H and O–H groups in total. The van der Waals surface area contributed by atoms with Crippen molar-refractivity contribution in [2.24, 2.45) is 0 Å². The van der Waals surface area contributed by atoms with Crippen molar-refractivity contribution in [2.45, 2.75) is 13.3 Å². The van der Waals surface area contributed by atoms with Crippen molar-refractivity contribution >= 4 is 28.7 Å². The predicted octanol–water partition coefficient (Wildman–Crippen LogP) is 1.70. The number of fused-ring (bicyclic) bond motifs is 1. The molecule has 3 aromatic rings. The smallest absolute Gasteiger partial charge is 0.273 e. The van der Waals surface area contributed by atoms with E-state index >= 15 is 0 Å². The molecule has 3 rings (SSSR count). The van der Waals surface area contributed by atoms with Gasteiger partial charge in [0.1, 0.15) is 23.5 Å². The molecule has 3 aromatic heterocycles. The number of aromatic amines is 1. The van der Waals surface area contributed by atoms with Gasteiger partial charge in [-0.1, -0.05) is 6.92 Å². The molecule has 0 atom stereocenters. The Kier molecular flexibility index (Phi) is 6.38. The van der Waals surface area contributed by atoms with Crippen molar-refractivity contribution in [1.29, 1.82) is 0 Å². The molecular formula is C20H25N7O2. The number of H-pyrrole nitrogens is 1. The average Bonchev–Trinajstić information content (AvgIpc) is 3.21. The second kappa shape index (κ2) is 9.13. The minimum Gasteiger partial charge on any atom is -0.363 e. The lowest BCUT2D eigenvalue weighted by molar-refractivity contribution is 0.0745. The minimum atomic E-state index is -0.221. The van der Waals surface area contributed by atoms with Crippen LogP contribution in [0.5, 0.6) is 0 Å². The summed E-state index contributed by atoms with van der Waals surface area (Å²) in [7, 11) is 3.78. The van der Waals surface area contributed by atoms with E-state index in [9.17, 15) is 9.59 Å². The molecule has 0 aliphatic rings. The first-order chi connectivity index (χ1) is 14.0. The topological polar surface area (TPSA) is 107 Å². The number of pyridine rings is 1. The third-order valence-corrected chi connectivity index (χ3v) is 4.47. The third kappa shape index (κ3) is 4.68. The molecule has 9 nitrogen and oxygen atoms in total. The van der Waals surface area contributed by atoms with Crippen LogP contribution in [0, 0.1) is 0 Å². The van der Waals surface area contributed by atoms with E-state index in [1.807, 2.05) is 25.9 Å². The lowest BCUT2D eigenvalue weighted by Crippen LogP contribution is -2.39. The zero-order valence-electron chi connectivity index (χ0n) is 16.8. The fourth-order valence-electron chi connectivity index (χ4n) is 2.97. The van der Waals surface area contributed by atoms with E-state index in [4.69, 9.17) is 0 Å². The maximum absolute atomic E-state index is 13.0. The van der Waals surface area contributed by atoms with Gasteiger partial charge in [-0.05, 0) is 24.6 Å². The molecule has 29 heavy (non-hydrogen) atoms. The SMILES string of the molecule is CCCN(CCNC(=O)c1ccc(N(C)C)nc1)C(=O)c1ncnc2[nH]ccc12. The second-order valence-corrected chi connectivity index (χ2v) is 6.81. The Morgan fingerprint density at radius 3 is 2.62 bits per heavy atom. The molecule has 0 saturated heterocycles. The number of rotatable bonds is 8. The Morgan fingerprint density at radius 2 is 1.93 bits per heavy atom. The van der Waals surface area contributed by atoms with Crippen LogP contribution in [0.15, 0.2) is 36.9 Å². The summed E-state index contributed by atoms with van der Waals surface area (Å²) < 4.78 is 0. The largest absolute Gasteiger partial charge is 0.363 e. The van der Waals surface area contributed by atoms with E-state index in [1.165, 1.54) is 6.33 Å². The average molecular weight is 395 g/mol. The second-order valence-electron chi connectivity index (χ2n) is 6.81. The maximum atomic E-state index is 13.0. The highest BCUT2D eigenvalue weighted by atomic mass is 16.2. The first kappa shape index (κ1) is 20.2. The van der Waals surface area contributed by atoms with Crippen LogP contribution in [-0.2, 0) is 0 Å². The van der Waals surface area contributed by atoms with Crippen molar-refractivity contribution in [3.05, 3.63) is 48.2 Å². The normalized spacial score (nSPS) is 10.7. The Labute approximate surface area is 169 Å². The Bertz CT molecular complexity index is 982. The van der Waals surface area contributed by atoms with Crippen LogP contribution in [0.2, 0.25) is 0 Å². The van der Waals surface area contributed by atoms with Crippen LogP contribution in [-0.4, -0.2) is 70.4 Å². The van der Waals surface area contributed by atoms with Crippen LogP contribution < -0.4 is 10.2 Å². The molecule has 9 heteroatoms. The fourth-order valence-corrected chi connectivity index (χ4v) is 2.97. The van der Waals surface area contributed by atoms with Crippen molar-refractivity contribution in [1.82, 2.24) is 30.2 Å². The van der Waals surface area contributed by atoms with Gasteiger partial charge in [-0.15, -0.1) is 0 Å². The highest BCUT2D eigenvalue weighted by Gasteiger charge is 2.20. The molecule has 0 aliphatic heterocycles. The molecule has 3 heterocycles. The molecule has 0 unspecified atom stereocenters. The van der Waals surface area contributed by atoms with Gasteiger partial charge in [0.25, 0.3) is 11.8 Å². The third-order valence-electron chi connectivity index (χ3n) is 4.47. The lowest BCUT2D eigenvalue weighted by Gasteiger charge is -2.22. The summed E-state index contributed by atoms with van der Waals surface area (Å²) in [5.41, 5.74) is 1.47. The van der Waals surface area contributed by atoms with E-state index in [0.717, 1.165) is 12.2 Å². The molecule has 0 spiro atoms. The lowest BCUT2D eigenvalue weighted by atomic mass is 10.2. The molecule has 0 radical (unpaired) electrons. The van der Waals surface area contributed by atoms with E-state index < -0.39 is 0 Å². The number of hydrogen-bond acceptors (Lipinski definition) is 6. The van der Waals surface area contributed by atoms with Crippen LogP contribution in [0.3, 0.4) is 0 Å². The number of aromatic nitrogens is 4. The van der Waals surface area contributed by atoms with Gasteiger partial charge in [0.15, 0.2) is 0 Å². The maximum Gasteiger partial charge on any atom is 0.273 e. The van der Waals surface area contributed by atoms with E-state index in [2.05, 4.69) is 25.3 Å². The van der Waals surface area contributed by atoms with Crippen molar-refractivity contribution in [2.75, 3.05) is 38.6 Å². The van der Waals surface area contributed by atoms with Crippen LogP contribution >= 0.6 is 0 Å². The van der Waals surface area contributed by atoms with Crippen LogP contribution in [0.25, 0.3) is 11.0 Å². The number of carbonyl (C=O) groups excluding carboxylic acids is 2. The number of anilines is 1. The summed E-state index contributed by atoms with van der Waals surface area (Å²) in [4.78, 5) is 44.4. The molecule has 152 valence electrons. The van der Waals surface area contributed by atoms with Crippen LogP contribution in [0.1, 0.15) is 34.2 Å². The minimum absolute atomic E-state index is 0.176. The van der Waals surface area contributed by atoms with Gasteiger partial charge < -0.3 is 20.1 Å². The van der Waals surface area contributed by atoms with Gasteiger partial charge in [0, 0.05) is 46.1 Å². The Morgan fingerprint density at radius 1 is 1.10 bits per heavy atom. The standard InChI is InChI=1S/C20H25N7O2/c1-4-10-27(20(29)17-15-7-8-21-18(15)25-13-24-17)11-9-22-19(28)14-5-6-16(23-12-14)26(2)3/h5-8,12-13H,4,9-11H2,1-3H3,(H,22,28)(H,21,24,25). The van der Waals surface area contributed by atoms with Gasteiger partial charge in [-0.2, -0.15) is 0 Å². The van der Waals surface area contributed by atoms with Gasteiger partial charge in [0.05, 0.1) is 10.9 Å². The monoisotopic (exact) mass is 395 g/mol. The van der Waals surface area contributed by atoms with E-state index in [0.29, 0.717) is 41.9 Å². The summed E-state index contributed by atoms with van der Waals surface area (Å²) in [6.45, 7) is 3.30. The summed E-state index contributed by atoms with van der Waals surface area (Å²) >= 11 is 0. The van der Waals surface area contributed by atoms with Gasteiger partial charge in [-0.25, -0.2) is 15.0 Å². The first-order valence-corrected chi connectivity index (χ1v) is 9.50. The number of nitrogens with zero attached hydrogens (tertiary/aromatic N) is 5. The Balaban J connectivity index is 1.62. The van der Waals surface area contributed by atoms with Gasteiger partial charge >= 0.3 is 0 Å². The predicted molar refractivity (Wildman–Crippen MR) is 111 cm³/mol. The summed E-state index contributed by atoms with van der Waals surface area (Å²) in [6.07, 6.45) is 5.46. The van der Waals surface area contributed by atoms with Gasteiger partial charge in [-0.3, -0.25) is 9.59 Å². The molecule has 0 saturated carbocycles. The van der Waals surface area contributed by atoms with Crippen molar-refractivity contribution in [3.8, 4) is 0 Å². The summed E-state index contributed by atoms with van der Waals surface area (Å²) in [5.74, 6) is 0.383. The first-order valence-electron chi connectivity index (χ1n) is 9.50. The fraction of sp³-hybridized carbons (Fsp3) is 0.350. The molecule has 2 amide bonds. The summed E-state index contributed by atoms with van der Waals surface area (Å²) in [5, 5.41) is 3.54. The highest BCUT2D eigenvalue weighted by Crippen LogP contribution is 2.15. The molecule has 0 fully saturated rings. The molecule has 0 aliphatic carbocycles. The quantitative estimate of drug-likeness (QED) is 0.601. The number of amides is 2. The molecule has 0 bridgehead atoms. The molecular weight excluding hydrogens is 370 g/mol. The van der Waals surface area contributed by atoms with E-state index in [-0.39, 0.29) is 11.8 Å². The van der Waals surface area contributed by atoms with Gasteiger partial charge in [0.2, 0.25) is 0 Å². The van der Waals surface area contributed by atoms with Crippen molar-refractivity contribution in [3.63, 3.8) is 0 Å².